The van der Waals surface area contributed by atoms with E-state index in [9.17, 15) is 4.79 Å². The molecule has 0 bridgehead atoms. The van der Waals surface area contributed by atoms with Crippen LogP contribution in [0.2, 0.25) is 0 Å². The Morgan fingerprint density at radius 1 is 1.33 bits per heavy atom. The zero-order chi connectivity index (χ0) is 18.5. The molecule has 1 amide bonds. The first kappa shape index (κ1) is 22.0. The van der Waals surface area contributed by atoms with Crippen molar-refractivity contribution < 1.29 is 9.21 Å². The van der Waals surface area contributed by atoms with Crippen LogP contribution >= 0.6 is 24.0 Å². The predicted molar refractivity (Wildman–Crippen MR) is 118 cm³/mol. The molecule has 1 aromatic rings. The average molecular weight is 489 g/mol. The normalized spacial score (nSPS) is 23.0. The van der Waals surface area contributed by atoms with Crippen LogP contribution in [0, 0.1) is 6.92 Å². The molecule has 1 aromatic heterocycles. The van der Waals surface area contributed by atoms with Crippen molar-refractivity contribution in [1.82, 2.24) is 20.9 Å². The van der Waals surface area contributed by atoms with Crippen molar-refractivity contribution >= 4 is 35.8 Å². The summed E-state index contributed by atoms with van der Waals surface area (Å²) in [7, 11) is 1.80. The topological polar surface area (TPSA) is 81.9 Å². The Morgan fingerprint density at radius 3 is 2.70 bits per heavy atom. The van der Waals surface area contributed by atoms with Gasteiger partial charge in [-0.25, -0.2) is 0 Å². The van der Waals surface area contributed by atoms with Gasteiger partial charge < -0.3 is 20.4 Å². The SMILES string of the molecule is CN=C(NCCCNC(=O)c1occc1C)NC1CC(C)N(C2CC2)C1.I. The minimum atomic E-state index is -0.157. The maximum absolute atomic E-state index is 12.0. The summed E-state index contributed by atoms with van der Waals surface area (Å²) < 4.78 is 5.19. The van der Waals surface area contributed by atoms with E-state index in [0.717, 1.165) is 43.5 Å². The van der Waals surface area contributed by atoms with E-state index in [2.05, 4.69) is 32.8 Å². The largest absolute Gasteiger partial charge is 0.459 e. The molecule has 1 aliphatic heterocycles. The second kappa shape index (κ2) is 10.3. The Labute approximate surface area is 178 Å². The number of hydrogen-bond acceptors (Lipinski definition) is 4. The van der Waals surface area contributed by atoms with Crippen molar-refractivity contribution in [1.29, 1.82) is 0 Å². The number of carbonyl (C=O) groups is 1. The van der Waals surface area contributed by atoms with Gasteiger partial charge in [-0.3, -0.25) is 14.7 Å². The summed E-state index contributed by atoms with van der Waals surface area (Å²) in [5.41, 5.74) is 0.858. The molecule has 1 aliphatic carbocycles. The summed E-state index contributed by atoms with van der Waals surface area (Å²) in [5.74, 6) is 1.08. The highest BCUT2D eigenvalue weighted by atomic mass is 127. The van der Waals surface area contributed by atoms with Gasteiger partial charge in [0.25, 0.3) is 5.91 Å². The second-order valence-electron chi connectivity index (χ2n) is 7.40. The molecule has 0 spiro atoms. The van der Waals surface area contributed by atoms with E-state index >= 15 is 0 Å². The summed E-state index contributed by atoms with van der Waals surface area (Å²) in [5, 5.41) is 9.75. The van der Waals surface area contributed by atoms with Gasteiger partial charge in [0.1, 0.15) is 0 Å². The maximum Gasteiger partial charge on any atom is 0.287 e. The molecule has 2 unspecified atom stereocenters. The van der Waals surface area contributed by atoms with Crippen LogP contribution in [0.3, 0.4) is 0 Å². The molecular weight excluding hydrogens is 457 g/mol. The Kier molecular flexibility index (Phi) is 8.40. The van der Waals surface area contributed by atoms with Gasteiger partial charge >= 0.3 is 0 Å². The van der Waals surface area contributed by atoms with Gasteiger partial charge in [-0.2, -0.15) is 0 Å². The first-order valence-corrected chi connectivity index (χ1v) is 9.63. The fourth-order valence-corrected chi connectivity index (χ4v) is 3.65. The Bertz CT molecular complexity index is 644. The first-order valence-electron chi connectivity index (χ1n) is 9.63. The van der Waals surface area contributed by atoms with Crippen molar-refractivity contribution in [3.8, 4) is 0 Å². The number of halogens is 1. The summed E-state index contributed by atoms with van der Waals surface area (Å²) in [6.45, 7) is 6.64. The molecule has 7 nitrogen and oxygen atoms in total. The molecule has 3 rings (SSSR count). The highest BCUT2D eigenvalue weighted by molar-refractivity contribution is 14.0. The number of nitrogens with one attached hydrogen (secondary N) is 3. The van der Waals surface area contributed by atoms with Crippen LogP contribution in [0.4, 0.5) is 0 Å². The van der Waals surface area contributed by atoms with E-state index in [1.165, 1.54) is 19.1 Å². The van der Waals surface area contributed by atoms with Gasteiger partial charge in [-0.15, -0.1) is 24.0 Å². The van der Waals surface area contributed by atoms with Crippen LogP contribution in [0.25, 0.3) is 0 Å². The molecule has 2 aliphatic rings. The zero-order valence-electron chi connectivity index (χ0n) is 16.5. The molecule has 0 radical (unpaired) electrons. The summed E-state index contributed by atoms with van der Waals surface area (Å²) in [6.07, 6.45) is 6.23. The van der Waals surface area contributed by atoms with Gasteiger partial charge in [0.05, 0.1) is 6.26 Å². The number of aryl methyl sites for hydroxylation is 1. The number of rotatable bonds is 7. The smallest absolute Gasteiger partial charge is 0.287 e. The highest BCUT2D eigenvalue weighted by Crippen LogP contribution is 2.33. The Morgan fingerprint density at radius 2 is 2.07 bits per heavy atom. The lowest BCUT2D eigenvalue weighted by molar-refractivity contribution is 0.0925. The maximum atomic E-state index is 12.0. The van der Waals surface area contributed by atoms with Gasteiger partial charge in [0.2, 0.25) is 0 Å². The molecular formula is C19H32IN5O2. The van der Waals surface area contributed by atoms with Crippen molar-refractivity contribution in [3.63, 3.8) is 0 Å². The van der Waals surface area contributed by atoms with Crippen molar-refractivity contribution in [2.45, 2.75) is 57.7 Å². The fourth-order valence-electron chi connectivity index (χ4n) is 3.65. The predicted octanol–water partition coefficient (Wildman–Crippen LogP) is 2.12. The van der Waals surface area contributed by atoms with Crippen LogP contribution in [-0.4, -0.2) is 61.6 Å². The van der Waals surface area contributed by atoms with Crippen molar-refractivity contribution in [2.24, 2.45) is 4.99 Å². The standard InChI is InChI=1S/C19H31N5O2.HI/c1-13-7-10-26-17(13)18(25)21-8-4-9-22-19(20-3)23-15-11-14(2)24(12-15)16-5-6-16;/h7,10,14-16H,4-6,8-9,11-12H2,1-3H3,(H,21,25)(H2,20,22,23);1H. The minimum Gasteiger partial charge on any atom is -0.459 e. The van der Waals surface area contributed by atoms with Crippen LogP contribution in [0.15, 0.2) is 21.7 Å². The molecule has 2 atom stereocenters. The van der Waals surface area contributed by atoms with Gasteiger partial charge in [0, 0.05) is 50.4 Å². The third kappa shape index (κ3) is 6.10. The number of aliphatic imine (C=N–C) groups is 1. The lowest BCUT2D eigenvalue weighted by Gasteiger charge is -2.20. The van der Waals surface area contributed by atoms with E-state index in [1.807, 2.05) is 6.92 Å². The lowest BCUT2D eigenvalue weighted by atomic mass is 10.2. The molecule has 152 valence electrons. The van der Waals surface area contributed by atoms with E-state index in [4.69, 9.17) is 4.42 Å². The Balaban J connectivity index is 0.00000261. The molecule has 8 heteroatoms. The van der Waals surface area contributed by atoms with Gasteiger partial charge in [-0.1, -0.05) is 0 Å². The molecule has 2 fully saturated rings. The number of amides is 1. The third-order valence-corrected chi connectivity index (χ3v) is 5.20. The molecule has 1 saturated carbocycles. The fraction of sp³-hybridized carbons (Fsp3) is 0.684. The first-order chi connectivity index (χ1) is 12.6. The number of furan rings is 1. The van der Waals surface area contributed by atoms with Gasteiger partial charge in [-0.05, 0) is 45.6 Å². The van der Waals surface area contributed by atoms with Crippen LogP contribution < -0.4 is 16.0 Å². The number of nitrogens with zero attached hydrogens (tertiary/aromatic N) is 2. The molecule has 2 heterocycles. The van der Waals surface area contributed by atoms with Crippen molar-refractivity contribution in [2.75, 3.05) is 26.7 Å². The minimum absolute atomic E-state index is 0. The second-order valence-corrected chi connectivity index (χ2v) is 7.40. The van der Waals surface area contributed by atoms with Crippen LogP contribution in [-0.2, 0) is 0 Å². The summed E-state index contributed by atoms with van der Waals surface area (Å²) in [6, 6.07) is 3.71. The lowest BCUT2D eigenvalue weighted by Crippen LogP contribution is -2.45. The highest BCUT2D eigenvalue weighted by Gasteiger charge is 2.38. The van der Waals surface area contributed by atoms with E-state index in [-0.39, 0.29) is 29.9 Å². The van der Waals surface area contributed by atoms with Gasteiger partial charge in [0.15, 0.2) is 11.7 Å². The number of likely N-dealkylation sites (tertiary alicyclic amines) is 1. The molecule has 27 heavy (non-hydrogen) atoms. The van der Waals surface area contributed by atoms with E-state index in [1.54, 1.807) is 13.1 Å². The zero-order valence-corrected chi connectivity index (χ0v) is 18.8. The van der Waals surface area contributed by atoms with E-state index < -0.39 is 0 Å². The summed E-state index contributed by atoms with van der Waals surface area (Å²) in [4.78, 5) is 18.9. The van der Waals surface area contributed by atoms with Crippen LogP contribution in [0.5, 0.6) is 0 Å². The molecule has 0 aromatic carbocycles. The number of guanidine groups is 1. The molecule has 1 saturated heterocycles. The van der Waals surface area contributed by atoms with E-state index in [0.29, 0.717) is 24.4 Å². The quantitative estimate of drug-likeness (QED) is 0.237. The number of hydrogen-bond donors (Lipinski definition) is 3. The third-order valence-electron chi connectivity index (χ3n) is 5.20. The van der Waals surface area contributed by atoms with Crippen LogP contribution in [0.1, 0.15) is 48.7 Å². The average Bonchev–Trinajstić information content (AvgIpc) is 3.27. The number of carbonyl (C=O) groups excluding carboxylic acids is 1. The summed E-state index contributed by atoms with van der Waals surface area (Å²) >= 11 is 0. The molecule has 3 N–H and O–H groups in total. The Hall–Kier alpha value is -1.29. The van der Waals surface area contributed by atoms with Crippen molar-refractivity contribution in [3.05, 3.63) is 23.7 Å². The monoisotopic (exact) mass is 489 g/mol.